The third-order valence-corrected chi connectivity index (χ3v) is 6.17. The number of likely N-dealkylation sites (N-methyl/N-ethyl adjacent to an activating group) is 1. The molecule has 1 N–H and O–H groups in total. The number of nitrogens with one attached hydrogen (secondary N) is 1. The van der Waals surface area contributed by atoms with Gasteiger partial charge in [0.15, 0.2) is 0 Å². The molecular formula is C17H32N2. The van der Waals surface area contributed by atoms with Crippen LogP contribution in [0.5, 0.6) is 0 Å². The van der Waals surface area contributed by atoms with E-state index in [-0.39, 0.29) is 0 Å². The first-order valence-electron chi connectivity index (χ1n) is 8.82. The first-order valence-corrected chi connectivity index (χ1v) is 8.82. The largest absolute Gasteiger partial charge is 0.311 e. The number of nitrogens with zero attached hydrogens (tertiary/aromatic N) is 1. The molecule has 0 bridgehead atoms. The lowest BCUT2D eigenvalue weighted by Gasteiger charge is -2.53. The Kier molecular flexibility index (Phi) is 4.48. The molecule has 2 saturated carbocycles. The summed E-state index contributed by atoms with van der Waals surface area (Å²) in [5.41, 5.74) is 0.526. The lowest BCUT2D eigenvalue weighted by atomic mass is 9.76. The van der Waals surface area contributed by atoms with Gasteiger partial charge in [0.2, 0.25) is 0 Å². The maximum Gasteiger partial charge on any atom is 0.0334 e. The molecule has 1 atom stereocenters. The SMILES string of the molecule is CCN1CC(C2CCCCC2)NCC12CCCCC2. The van der Waals surface area contributed by atoms with Crippen LogP contribution in [0, 0.1) is 5.92 Å². The van der Waals surface area contributed by atoms with Gasteiger partial charge in [-0.25, -0.2) is 0 Å². The van der Waals surface area contributed by atoms with Crippen LogP contribution in [0.25, 0.3) is 0 Å². The van der Waals surface area contributed by atoms with Crippen LogP contribution in [-0.2, 0) is 0 Å². The van der Waals surface area contributed by atoms with Gasteiger partial charge in [-0.05, 0) is 38.1 Å². The van der Waals surface area contributed by atoms with Crippen molar-refractivity contribution in [3.8, 4) is 0 Å². The number of piperazine rings is 1. The fraction of sp³-hybridized carbons (Fsp3) is 1.00. The molecule has 1 heterocycles. The van der Waals surface area contributed by atoms with Crippen LogP contribution in [0.1, 0.15) is 71.1 Å². The van der Waals surface area contributed by atoms with E-state index in [0.717, 1.165) is 12.0 Å². The summed E-state index contributed by atoms with van der Waals surface area (Å²) in [7, 11) is 0. The van der Waals surface area contributed by atoms with E-state index in [1.54, 1.807) is 0 Å². The molecular weight excluding hydrogens is 232 g/mol. The molecule has 0 amide bonds. The van der Waals surface area contributed by atoms with E-state index in [2.05, 4.69) is 17.1 Å². The van der Waals surface area contributed by atoms with Crippen LogP contribution < -0.4 is 5.32 Å². The second-order valence-electron chi connectivity index (χ2n) is 7.21. The zero-order valence-corrected chi connectivity index (χ0v) is 12.8. The molecule has 19 heavy (non-hydrogen) atoms. The minimum atomic E-state index is 0.526. The fourth-order valence-electron chi connectivity index (χ4n) is 4.95. The van der Waals surface area contributed by atoms with Gasteiger partial charge in [0, 0.05) is 24.7 Å². The molecule has 3 aliphatic rings. The van der Waals surface area contributed by atoms with Crippen molar-refractivity contribution in [2.45, 2.75) is 82.7 Å². The summed E-state index contributed by atoms with van der Waals surface area (Å²) in [6.45, 7) is 6.22. The van der Waals surface area contributed by atoms with E-state index in [4.69, 9.17) is 0 Å². The second kappa shape index (κ2) is 6.13. The molecule has 0 radical (unpaired) electrons. The first-order chi connectivity index (χ1) is 9.34. The van der Waals surface area contributed by atoms with Crippen molar-refractivity contribution in [2.75, 3.05) is 19.6 Å². The minimum absolute atomic E-state index is 0.526. The smallest absolute Gasteiger partial charge is 0.0334 e. The lowest BCUT2D eigenvalue weighted by Crippen LogP contribution is -2.66. The third-order valence-electron chi connectivity index (χ3n) is 6.17. The second-order valence-corrected chi connectivity index (χ2v) is 7.21. The van der Waals surface area contributed by atoms with Crippen molar-refractivity contribution in [2.24, 2.45) is 5.92 Å². The average molecular weight is 264 g/mol. The van der Waals surface area contributed by atoms with Crippen LogP contribution in [0.3, 0.4) is 0 Å². The summed E-state index contributed by atoms with van der Waals surface area (Å²) >= 11 is 0. The van der Waals surface area contributed by atoms with Crippen molar-refractivity contribution in [3.05, 3.63) is 0 Å². The molecule has 2 aliphatic carbocycles. The molecule has 1 aliphatic heterocycles. The summed E-state index contributed by atoms with van der Waals surface area (Å²) in [6.07, 6.45) is 14.6. The van der Waals surface area contributed by atoms with E-state index in [0.29, 0.717) is 5.54 Å². The molecule has 2 nitrogen and oxygen atoms in total. The molecule has 0 aromatic rings. The van der Waals surface area contributed by atoms with Crippen LogP contribution in [-0.4, -0.2) is 36.1 Å². The van der Waals surface area contributed by atoms with Gasteiger partial charge in [0.25, 0.3) is 0 Å². The Bertz CT molecular complexity index is 277. The van der Waals surface area contributed by atoms with E-state index in [1.807, 2.05) is 0 Å². The molecule has 3 fully saturated rings. The summed E-state index contributed by atoms with van der Waals surface area (Å²) in [5, 5.41) is 3.97. The first kappa shape index (κ1) is 13.9. The predicted octanol–water partition coefficient (Wildman–Crippen LogP) is 3.56. The van der Waals surface area contributed by atoms with Crippen molar-refractivity contribution < 1.29 is 0 Å². The highest BCUT2D eigenvalue weighted by Gasteiger charge is 2.42. The Morgan fingerprint density at radius 3 is 2.37 bits per heavy atom. The van der Waals surface area contributed by atoms with E-state index < -0.39 is 0 Å². The molecule has 0 aromatic carbocycles. The van der Waals surface area contributed by atoms with Gasteiger partial charge >= 0.3 is 0 Å². The average Bonchev–Trinajstić information content (AvgIpc) is 2.49. The topological polar surface area (TPSA) is 15.3 Å². The highest BCUT2D eigenvalue weighted by molar-refractivity contribution is 5.01. The van der Waals surface area contributed by atoms with Crippen LogP contribution in [0.2, 0.25) is 0 Å². The Hall–Kier alpha value is -0.0800. The van der Waals surface area contributed by atoms with Gasteiger partial charge < -0.3 is 5.32 Å². The van der Waals surface area contributed by atoms with Gasteiger partial charge in [0.05, 0.1) is 0 Å². The quantitative estimate of drug-likeness (QED) is 0.820. The van der Waals surface area contributed by atoms with Crippen molar-refractivity contribution in [3.63, 3.8) is 0 Å². The summed E-state index contributed by atoms with van der Waals surface area (Å²) in [5.74, 6) is 0.962. The van der Waals surface area contributed by atoms with Crippen molar-refractivity contribution >= 4 is 0 Å². The van der Waals surface area contributed by atoms with Gasteiger partial charge in [-0.1, -0.05) is 45.4 Å². The molecule has 2 heteroatoms. The Morgan fingerprint density at radius 2 is 1.68 bits per heavy atom. The number of hydrogen-bond donors (Lipinski definition) is 1. The van der Waals surface area contributed by atoms with Crippen LogP contribution in [0.4, 0.5) is 0 Å². The Labute approximate surface area is 119 Å². The van der Waals surface area contributed by atoms with Crippen LogP contribution in [0.15, 0.2) is 0 Å². The molecule has 1 spiro atoms. The zero-order valence-electron chi connectivity index (χ0n) is 12.8. The zero-order chi connectivity index (χ0) is 13.1. The van der Waals surface area contributed by atoms with Gasteiger partial charge in [-0.3, -0.25) is 4.90 Å². The lowest BCUT2D eigenvalue weighted by molar-refractivity contribution is -0.000247. The molecule has 1 saturated heterocycles. The third kappa shape index (κ3) is 2.85. The molecule has 0 aromatic heterocycles. The van der Waals surface area contributed by atoms with Crippen molar-refractivity contribution in [1.29, 1.82) is 0 Å². The number of hydrogen-bond acceptors (Lipinski definition) is 2. The fourth-order valence-corrected chi connectivity index (χ4v) is 4.95. The maximum absolute atomic E-state index is 3.97. The van der Waals surface area contributed by atoms with E-state index in [9.17, 15) is 0 Å². The molecule has 110 valence electrons. The minimum Gasteiger partial charge on any atom is -0.311 e. The summed E-state index contributed by atoms with van der Waals surface area (Å²) in [6, 6.07) is 0.785. The van der Waals surface area contributed by atoms with Crippen molar-refractivity contribution in [1.82, 2.24) is 10.2 Å². The number of rotatable bonds is 2. The molecule has 3 rings (SSSR count). The monoisotopic (exact) mass is 264 g/mol. The summed E-state index contributed by atoms with van der Waals surface area (Å²) in [4.78, 5) is 2.85. The Morgan fingerprint density at radius 1 is 1.00 bits per heavy atom. The summed E-state index contributed by atoms with van der Waals surface area (Å²) < 4.78 is 0. The molecule has 1 unspecified atom stereocenters. The Balaban J connectivity index is 1.64. The van der Waals surface area contributed by atoms with Gasteiger partial charge in [-0.15, -0.1) is 0 Å². The standard InChI is InChI=1S/C17H32N2/c1-2-19-13-16(15-9-5-3-6-10-15)18-14-17(19)11-7-4-8-12-17/h15-16,18H,2-14H2,1H3. The van der Waals surface area contributed by atoms with E-state index >= 15 is 0 Å². The van der Waals surface area contributed by atoms with Gasteiger partial charge in [0.1, 0.15) is 0 Å². The highest BCUT2D eigenvalue weighted by atomic mass is 15.3. The maximum atomic E-state index is 3.97. The van der Waals surface area contributed by atoms with Crippen LogP contribution >= 0.6 is 0 Å². The normalized spacial score (nSPS) is 33.6. The van der Waals surface area contributed by atoms with E-state index in [1.165, 1.54) is 83.8 Å². The van der Waals surface area contributed by atoms with Gasteiger partial charge in [-0.2, -0.15) is 0 Å². The predicted molar refractivity (Wildman–Crippen MR) is 81.4 cm³/mol. The highest BCUT2D eigenvalue weighted by Crippen LogP contribution is 2.37.